The molecule has 116 valence electrons. The predicted molar refractivity (Wildman–Crippen MR) is 92.2 cm³/mol. The molecule has 2 aromatic rings. The van der Waals surface area contributed by atoms with Crippen LogP contribution in [0.5, 0.6) is 0 Å². The minimum Gasteiger partial charge on any atom is -0.325 e. The largest absolute Gasteiger partial charge is 0.325 e. The van der Waals surface area contributed by atoms with Gasteiger partial charge in [0.2, 0.25) is 11.8 Å². The van der Waals surface area contributed by atoms with Gasteiger partial charge < -0.3 is 10.6 Å². The molecular formula is C17H15N3O2S. The molecule has 0 saturated carbocycles. The Morgan fingerprint density at radius 1 is 0.870 bits per heavy atom. The summed E-state index contributed by atoms with van der Waals surface area (Å²) in [6, 6.07) is 17.8. The number of nitrogens with zero attached hydrogens (tertiary/aromatic N) is 1. The van der Waals surface area contributed by atoms with Crippen LogP contribution in [0.3, 0.4) is 0 Å². The molecule has 0 unspecified atom stereocenters. The fraction of sp³-hybridized carbons (Fsp3) is 0.118. The van der Waals surface area contributed by atoms with E-state index in [9.17, 15) is 9.59 Å². The summed E-state index contributed by atoms with van der Waals surface area (Å²) < 4.78 is 0. The highest BCUT2D eigenvalue weighted by Crippen LogP contribution is 2.11. The van der Waals surface area contributed by atoms with Crippen LogP contribution in [0.15, 0.2) is 54.6 Å². The summed E-state index contributed by atoms with van der Waals surface area (Å²) in [4.78, 5) is 23.5. The molecule has 23 heavy (non-hydrogen) atoms. The number of benzene rings is 2. The van der Waals surface area contributed by atoms with E-state index in [4.69, 9.17) is 5.26 Å². The van der Waals surface area contributed by atoms with Crippen LogP contribution >= 0.6 is 11.8 Å². The van der Waals surface area contributed by atoms with Crippen LogP contribution in [0.4, 0.5) is 11.4 Å². The van der Waals surface area contributed by atoms with Crippen molar-refractivity contribution in [1.82, 2.24) is 0 Å². The first-order valence-corrected chi connectivity index (χ1v) is 8.05. The minimum atomic E-state index is -0.188. The summed E-state index contributed by atoms with van der Waals surface area (Å²) >= 11 is 1.24. The van der Waals surface area contributed by atoms with Crippen molar-refractivity contribution in [2.45, 2.75) is 0 Å². The molecule has 0 spiro atoms. The Kier molecular flexibility index (Phi) is 6.21. The Labute approximate surface area is 138 Å². The van der Waals surface area contributed by atoms with E-state index in [-0.39, 0.29) is 23.3 Å². The zero-order valence-corrected chi connectivity index (χ0v) is 13.1. The van der Waals surface area contributed by atoms with E-state index in [2.05, 4.69) is 10.6 Å². The highest BCUT2D eigenvalue weighted by molar-refractivity contribution is 8.00. The average molecular weight is 325 g/mol. The first kappa shape index (κ1) is 16.6. The molecule has 2 N–H and O–H groups in total. The molecule has 0 aliphatic heterocycles. The third-order valence-electron chi connectivity index (χ3n) is 2.82. The van der Waals surface area contributed by atoms with Gasteiger partial charge in [0.25, 0.3) is 0 Å². The smallest absolute Gasteiger partial charge is 0.234 e. The lowest BCUT2D eigenvalue weighted by Gasteiger charge is -2.06. The molecule has 0 aliphatic rings. The van der Waals surface area contributed by atoms with Gasteiger partial charge in [0.1, 0.15) is 0 Å². The summed E-state index contributed by atoms with van der Waals surface area (Å²) in [5, 5.41) is 14.2. The number of anilines is 2. The quantitative estimate of drug-likeness (QED) is 0.855. The third-order valence-corrected chi connectivity index (χ3v) is 3.75. The number of para-hydroxylation sites is 1. The van der Waals surface area contributed by atoms with E-state index in [1.807, 2.05) is 24.3 Å². The lowest BCUT2D eigenvalue weighted by Crippen LogP contribution is -2.18. The Hall–Kier alpha value is -2.78. The van der Waals surface area contributed by atoms with Crippen LogP contribution in [-0.2, 0) is 9.59 Å². The summed E-state index contributed by atoms with van der Waals surface area (Å²) in [5.74, 6) is 0.0531. The number of rotatable bonds is 6. The van der Waals surface area contributed by atoms with Gasteiger partial charge in [-0.1, -0.05) is 18.2 Å². The van der Waals surface area contributed by atoms with Gasteiger partial charge in [0.15, 0.2) is 0 Å². The van der Waals surface area contributed by atoms with E-state index in [1.54, 1.807) is 36.4 Å². The van der Waals surface area contributed by atoms with Crippen molar-refractivity contribution in [2.24, 2.45) is 0 Å². The molecule has 2 aromatic carbocycles. The number of carbonyl (C=O) groups excluding carboxylic acids is 2. The minimum absolute atomic E-state index is 0.146. The molecule has 0 bridgehead atoms. The van der Waals surface area contributed by atoms with E-state index >= 15 is 0 Å². The predicted octanol–water partition coefficient (Wildman–Crippen LogP) is 2.87. The third kappa shape index (κ3) is 5.85. The van der Waals surface area contributed by atoms with Crippen LogP contribution in [0.25, 0.3) is 0 Å². The van der Waals surface area contributed by atoms with Crippen LogP contribution in [0, 0.1) is 11.3 Å². The number of carbonyl (C=O) groups is 2. The molecule has 0 aromatic heterocycles. The fourth-order valence-corrected chi connectivity index (χ4v) is 2.40. The van der Waals surface area contributed by atoms with Crippen molar-refractivity contribution in [1.29, 1.82) is 5.26 Å². The normalized spacial score (nSPS) is 9.70. The summed E-state index contributed by atoms with van der Waals surface area (Å²) in [6.07, 6.45) is 0. The molecule has 0 heterocycles. The van der Waals surface area contributed by atoms with Gasteiger partial charge in [-0.3, -0.25) is 9.59 Å². The fourth-order valence-electron chi connectivity index (χ4n) is 1.78. The number of nitriles is 1. The SMILES string of the molecule is N#Cc1ccc(NC(=O)CSCC(=O)Nc2ccccc2)cc1. The standard InChI is InChI=1S/C17H15N3O2S/c18-10-13-6-8-15(9-7-13)20-17(22)12-23-11-16(21)19-14-4-2-1-3-5-14/h1-9H,11-12H2,(H,19,21)(H,20,22). The Balaban J connectivity index is 1.70. The molecule has 6 heteroatoms. The number of nitrogens with one attached hydrogen (secondary N) is 2. The maximum atomic E-state index is 11.8. The maximum Gasteiger partial charge on any atom is 0.234 e. The number of hydrogen-bond acceptors (Lipinski definition) is 4. The first-order chi connectivity index (χ1) is 11.2. The van der Waals surface area contributed by atoms with Crippen molar-refractivity contribution < 1.29 is 9.59 Å². The van der Waals surface area contributed by atoms with Gasteiger partial charge >= 0.3 is 0 Å². The van der Waals surface area contributed by atoms with Gasteiger partial charge in [-0.15, -0.1) is 11.8 Å². The molecule has 0 atom stereocenters. The van der Waals surface area contributed by atoms with Crippen molar-refractivity contribution in [3.05, 3.63) is 60.2 Å². The van der Waals surface area contributed by atoms with Gasteiger partial charge in [-0.05, 0) is 36.4 Å². The Morgan fingerprint density at radius 3 is 1.91 bits per heavy atom. The lowest BCUT2D eigenvalue weighted by molar-refractivity contribution is -0.114. The van der Waals surface area contributed by atoms with Crippen molar-refractivity contribution in [2.75, 3.05) is 22.1 Å². The topological polar surface area (TPSA) is 82.0 Å². The molecule has 0 saturated heterocycles. The Morgan fingerprint density at radius 2 is 1.39 bits per heavy atom. The maximum absolute atomic E-state index is 11.8. The summed E-state index contributed by atoms with van der Waals surface area (Å²) in [6.45, 7) is 0. The van der Waals surface area contributed by atoms with Crippen molar-refractivity contribution in [3.8, 4) is 6.07 Å². The van der Waals surface area contributed by atoms with Gasteiger partial charge in [0.05, 0.1) is 23.1 Å². The highest BCUT2D eigenvalue weighted by atomic mass is 32.2. The molecule has 5 nitrogen and oxygen atoms in total. The van der Waals surface area contributed by atoms with Crippen LogP contribution in [0.1, 0.15) is 5.56 Å². The van der Waals surface area contributed by atoms with Crippen LogP contribution < -0.4 is 10.6 Å². The highest BCUT2D eigenvalue weighted by Gasteiger charge is 2.06. The molecule has 2 rings (SSSR count). The van der Waals surface area contributed by atoms with E-state index in [1.165, 1.54) is 11.8 Å². The first-order valence-electron chi connectivity index (χ1n) is 6.90. The number of amides is 2. The molecule has 0 fully saturated rings. The van der Waals surface area contributed by atoms with Gasteiger partial charge in [-0.2, -0.15) is 5.26 Å². The zero-order valence-electron chi connectivity index (χ0n) is 12.3. The summed E-state index contributed by atoms with van der Waals surface area (Å²) in [7, 11) is 0. The number of thioether (sulfide) groups is 1. The second-order valence-electron chi connectivity index (χ2n) is 4.64. The van der Waals surface area contributed by atoms with Gasteiger partial charge in [-0.25, -0.2) is 0 Å². The second-order valence-corrected chi connectivity index (χ2v) is 5.63. The van der Waals surface area contributed by atoms with Gasteiger partial charge in [0, 0.05) is 11.4 Å². The van der Waals surface area contributed by atoms with Crippen molar-refractivity contribution in [3.63, 3.8) is 0 Å². The van der Waals surface area contributed by atoms with Crippen LogP contribution in [0.2, 0.25) is 0 Å². The van der Waals surface area contributed by atoms with Crippen molar-refractivity contribution >= 4 is 35.0 Å². The Bertz CT molecular complexity index is 709. The average Bonchev–Trinajstić information content (AvgIpc) is 2.56. The molecule has 0 aliphatic carbocycles. The van der Waals surface area contributed by atoms with E-state index in [0.29, 0.717) is 11.3 Å². The van der Waals surface area contributed by atoms with E-state index < -0.39 is 0 Å². The molecule has 0 radical (unpaired) electrons. The van der Waals surface area contributed by atoms with Crippen LogP contribution in [-0.4, -0.2) is 23.3 Å². The molecule has 2 amide bonds. The number of hydrogen-bond donors (Lipinski definition) is 2. The zero-order chi connectivity index (χ0) is 16.5. The second kappa shape index (κ2) is 8.61. The molecular weight excluding hydrogens is 310 g/mol. The summed E-state index contributed by atoms with van der Waals surface area (Å²) in [5.41, 5.74) is 1.90. The van der Waals surface area contributed by atoms with E-state index in [0.717, 1.165) is 5.69 Å². The lowest BCUT2D eigenvalue weighted by atomic mass is 10.2. The monoisotopic (exact) mass is 325 g/mol.